The maximum Gasteiger partial charge on any atom is 0.0764 e. The van der Waals surface area contributed by atoms with Crippen LogP contribution in [0.3, 0.4) is 0 Å². The van der Waals surface area contributed by atoms with E-state index in [1.165, 1.54) is 37.8 Å². The summed E-state index contributed by atoms with van der Waals surface area (Å²) < 4.78 is 2.22. The maximum absolute atomic E-state index is 4.81. The van der Waals surface area contributed by atoms with E-state index >= 15 is 0 Å². The standard InChI is InChI=1S/C15H26N4/c1-13-11-18(10-8-16-13)12-14-7-9-19(17-14)15-5-3-2-4-6-15/h7,9,13,15-16H,2-6,8,10-12H2,1H3/t13-/m1/s1. The molecule has 1 aliphatic carbocycles. The number of hydrogen-bond acceptors (Lipinski definition) is 3. The third-order valence-corrected chi connectivity index (χ3v) is 4.45. The van der Waals surface area contributed by atoms with Gasteiger partial charge in [-0.15, -0.1) is 0 Å². The molecule has 4 heteroatoms. The van der Waals surface area contributed by atoms with E-state index < -0.39 is 0 Å². The monoisotopic (exact) mass is 262 g/mol. The highest BCUT2D eigenvalue weighted by molar-refractivity contribution is 5.00. The average Bonchev–Trinajstić information content (AvgIpc) is 2.88. The minimum atomic E-state index is 0.606. The van der Waals surface area contributed by atoms with Crippen LogP contribution in [-0.4, -0.2) is 40.4 Å². The second-order valence-corrected chi connectivity index (χ2v) is 6.17. The molecule has 3 rings (SSSR count). The Morgan fingerprint density at radius 1 is 1.32 bits per heavy atom. The molecule has 0 amide bonds. The van der Waals surface area contributed by atoms with E-state index in [0.717, 1.165) is 26.2 Å². The topological polar surface area (TPSA) is 33.1 Å². The molecular formula is C15H26N4. The summed E-state index contributed by atoms with van der Waals surface area (Å²) in [5.41, 5.74) is 1.24. The van der Waals surface area contributed by atoms with Crippen LogP contribution in [0, 0.1) is 0 Å². The van der Waals surface area contributed by atoms with Gasteiger partial charge in [-0.1, -0.05) is 19.3 Å². The van der Waals surface area contributed by atoms with Crippen LogP contribution >= 0.6 is 0 Å². The molecule has 0 aromatic carbocycles. The SMILES string of the molecule is C[C@@H]1CN(Cc2ccn(C3CCCCC3)n2)CCN1. The van der Waals surface area contributed by atoms with Gasteiger partial charge in [0.2, 0.25) is 0 Å². The molecule has 1 aromatic heterocycles. The first kappa shape index (κ1) is 13.1. The molecule has 1 N–H and O–H groups in total. The Bertz CT molecular complexity index is 395. The molecule has 19 heavy (non-hydrogen) atoms. The zero-order valence-corrected chi connectivity index (χ0v) is 12.0. The summed E-state index contributed by atoms with van der Waals surface area (Å²) in [6.45, 7) is 6.64. The summed E-state index contributed by atoms with van der Waals surface area (Å²) in [7, 11) is 0. The lowest BCUT2D eigenvalue weighted by Crippen LogP contribution is -2.48. The summed E-state index contributed by atoms with van der Waals surface area (Å²) in [5.74, 6) is 0. The van der Waals surface area contributed by atoms with Crippen molar-refractivity contribution in [3.63, 3.8) is 0 Å². The van der Waals surface area contributed by atoms with Crippen molar-refractivity contribution in [2.75, 3.05) is 19.6 Å². The molecule has 0 bridgehead atoms. The molecule has 0 unspecified atom stereocenters. The van der Waals surface area contributed by atoms with Crippen molar-refractivity contribution in [3.05, 3.63) is 18.0 Å². The van der Waals surface area contributed by atoms with Crippen molar-refractivity contribution in [2.24, 2.45) is 0 Å². The summed E-state index contributed by atoms with van der Waals surface area (Å²) in [6, 6.07) is 3.47. The number of piperazine rings is 1. The van der Waals surface area contributed by atoms with Gasteiger partial charge in [0.05, 0.1) is 11.7 Å². The molecule has 106 valence electrons. The summed E-state index contributed by atoms with van der Waals surface area (Å²) in [6.07, 6.45) is 8.96. The van der Waals surface area contributed by atoms with Gasteiger partial charge in [0.15, 0.2) is 0 Å². The van der Waals surface area contributed by atoms with Crippen LogP contribution in [-0.2, 0) is 6.54 Å². The molecule has 1 aromatic rings. The molecule has 2 aliphatic rings. The van der Waals surface area contributed by atoms with Crippen molar-refractivity contribution in [3.8, 4) is 0 Å². The van der Waals surface area contributed by atoms with Crippen molar-refractivity contribution in [1.29, 1.82) is 0 Å². The van der Waals surface area contributed by atoms with E-state index in [-0.39, 0.29) is 0 Å². The van der Waals surface area contributed by atoms with Gasteiger partial charge in [-0.25, -0.2) is 0 Å². The van der Waals surface area contributed by atoms with E-state index in [9.17, 15) is 0 Å². The van der Waals surface area contributed by atoms with Gasteiger partial charge in [0.1, 0.15) is 0 Å². The zero-order valence-electron chi connectivity index (χ0n) is 12.0. The first-order valence-corrected chi connectivity index (χ1v) is 7.81. The fourth-order valence-corrected chi connectivity index (χ4v) is 3.40. The second kappa shape index (κ2) is 6.06. The van der Waals surface area contributed by atoms with Crippen molar-refractivity contribution in [2.45, 2.75) is 57.7 Å². The molecule has 1 atom stereocenters. The van der Waals surface area contributed by atoms with Gasteiger partial charge < -0.3 is 5.32 Å². The van der Waals surface area contributed by atoms with Gasteiger partial charge in [-0.2, -0.15) is 5.10 Å². The Hall–Kier alpha value is -0.870. The van der Waals surface area contributed by atoms with Crippen LogP contribution < -0.4 is 5.32 Å². The number of nitrogens with one attached hydrogen (secondary N) is 1. The summed E-state index contributed by atoms with van der Waals surface area (Å²) in [5, 5.41) is 8.29. The molecule has 2 fully saturated rings. The van der Waals surface area contributed by atoms with Crippen LogP contribution in [0.25, 0.3) is 0 Å². The largest absolute Gasteiger partial charge is 0.312 e. The smallest absolute Gasteiger partial charge is 0.0764 e. The molecule has 2 heterocycles. The first-order chi connectivity index (χ1) is 9.31. The highest BCUT2D eigenvalue weighted by Gasteiger charge is 2.18. The lowest BCUT2D eigenvalue weighted by Gasteiger charge is -2.31. The van der Waals surface area contributed by atoms with E-state index in [0.29, 0.717) is 12.1 Å². The van der Waals surface area contributed by atoms with Crippen LogP contribution in [0.2, 0.25) is 0 Å². The fraction of sp³-hybridized carbons (Fsp3) is 0.800. The number of aromatic nitrogens is 2. The molecule has 0 radical (unpaired) electrons. The fourth-order valence-electron chi connectivity index (χ4n) is 3.40. The zero-order chi connectivity index (χ0) is 13.1. The molecule has 0 spiro atoms. The summed E-state index contributed by atoms with van der Waals surface area (Å²) in [4.78, 5) is 2.51. The molecular weight excluding hydrogens is 236 g/mol. The van der Waals surface area contributed by atoms with E-state index in [1.807, 2.05) is 0 Å². The molecule has 1 saturated carbocycles. The normalized spacial score (nSPS) is 26.7. The Kier molecular flexibility index (Phi) is 4.18. The van der Waals surface area contributed by atoms with E-state index in [4.69, 9.17) is 5.10 Å². The highest BCUT2D eigenvalue weighted by atomic mass is 15.3. The second-order valence-electron chi connectivity index (χ2n) is 6.17. The molecule has 1 saturated heterocycles. The van der Waals surface area contributed by atoms with Gasteiger partial charge in [0.25, 0.3) is 0 Å². The minimum absolute atomic E-state index is 0.606. The lowest BCUT2D eigenvalue weighted by molar-refractivity contribution is 0.196. The average molecular weight is 262 g/mol. The van der Waals surface area contributed by atoms with Crippen molar-refractivity contribution >= 4 is 0 Å². The van der Waals surface area contributed by atoms with Crippen molar-refractivity contribution < 1.29 is 0 Å². The number of rotatable bonds is 3. The van der Waals surface area contributed by atoms with Crippen LogP contribution in [0.1, 0.15) is 50.8 Å². The van der Waals surface area contributed by atoms with Gasteiger partial charge in [0, 0.05) is 38.4 Å². The highest BCUT2D eigenvalue weighted by Crippen LogP contribution is 2.27. The van der Waals surface area contributed by atoms with Gasteiger partial charge >= 0.3 is 0 Å². The van der Waals surface area contributed by atoms with Crippen LogP contribution in [0.5, 0.6) is 0 Å². The third kappa shape index (κ3) is 3.37. The molecule has 4 nitrogen and oxygen atoms in total. The Morgan fingerprint density at radius 3 is 2.95 bits per heavy atom. The number of hydrogen-bond donors (Lipinski definition) is 1. The summed E-state index contributed by atoms with van der Waals surface area (Å²) >= 11 is 0. The minimum Gasteiger partial charge on any atom is -0.312 e. The van der Waals surface area contributed by atoms with Gasteiger partial charge in [-0.05, 0) is 25.8 Å². The Morgan fingerprint density at radius 2 is 2.16 bits per heavy atom. The predicted molar refractivity (Wildman–Crippen MR) is 77.1 cm³/mol. The lowest BCUT2D eigenvalue weighted by atomic mass is 9.96. The van der Waals surface area contributed by atoms with Crippen molar-refractivity contribution in [1.82, 2.24) is 20.0 Å². The number of nitrogens with zero attached hydrogens (tertiary/aromatic N) is 3. The third-order valence-electron chi connectivity index (χ3n) is 4.45. The van der Waals surface area contributed by atoms with E-state index in [2.05, 4.69) is 34.1 Å². The van der Waals surface area contributed by atoms with E-state index in [1.54, 1.807) is 0 Å². The Balaban J connectivity index is 1.58. The predicted octanol–water partition coefficient (Wildman–Crippen LogP) is 2.18. The molecule has 1 aliphatic heterocycles. The van der Waals surface area contributed by atoms with Gasteiger partial charge in [-0.3, -0.25) is 9.58 Å². The quantitative estimate of drug-likeness (QED) is 0.906. The van der Waals surface area contributed by atoms with Crippen LogP contribution in [0.4, 0.5) is 0 Å². The van der Waals surface area contributed by atoms with Crippen LogP contribution in [0.15, 0.2) is 12.3 Å². The first-order valence-electron chi connectivity index (χ1n) is 7.81. The maximum atomic E-state index is 4.81. The Labute approximate surface area is 116 Å².